The summed E-state index contributed by atoms with van der Waals surface area (Å²) in [5.74, 6) is 0. The zero-order valence-electron chi connectivity index (χ0n) is 13.1. The van der Waals surface area contributed by atoms with Crippen LogP contribution in [-0.2, 0) is 9.09 Å². The van der Waals surface area contributed by atoms with Gasteiger partial charge in [-0.15, -0.1) is 0 Å². The molecule has 122 valence electrons. The lowest BCUT2D eigenvalue weighted by Crippen LogP contribution is -1.73. The highest BCUT2D eigenvalue weighted by atomic mass is 31.1. The lowest BCUT2D eigenvalue weighted by atomic mass is 10.1. The zero-order chi connectivity index (χ0) is 17.0. The van der Waals surface area contributed by atoms with Crippen LogP contribution in [0.15, 0.2) is 97.3 Å². The molecule has 0 fully saturated rings. The monoisotopic (exact) mass is 338 g/mol. The molecule has 3 rings (SSSR count). The van der Waals surface area contributed by atoms with Crippen molar-refractivity contribution in [3.05, 3.63) is 103 Å². The van der Waals surface area contributed by atoms with Crippen LogP contribution in [-0.4, -0.2) is 4.89 Å². The van der Waals surface area contributed by atoms with Crippen molar-refractivity contribution in [1.29, 1.82) is 0 Å². The molecule has 0 radical (unpaired) electrons. The molecule has 4 heteroatoms. The maximum Gasteiger partial charge on any atom is 0.364 e. The minimum Gasteiger partial charge on any atom is -0.434 e. The Kier molecular flexibility index (Phi) is 7.55. The third-order valence-corrected chi connectivity index (χ3v) is 3.45. The van der Waals surface area contributed by atoms with Gasteiger partial charge in [-0.1, -0.05) is 91.0 Å². The molecule has 3 aromatic carbocycles. The van der Waals surface area contributed by atoms with Gasteiger partial charge in [0.1, 0.15) is 0 Å². The molecule has 0 aromatic heterocycles. The second-order valence-corrected chi connectivity index (χ2v) is 5.60. The van der Waals surface area contributed by atoms with E-state index < -0.39 is 8.25 Å². The Hall–Kier alpha value is -2.61. The summed E-state index contributed by atoms with van der Waals surface area (Å²) in [6, 6.07) is 30.2. The first-order valence-electron chi connectivity index (χ1n) is 7.47. The van der Waals surface area contributed by atoms with E-state index in [4.69, 9.17) is 4.89 Å². The van der Waals surface area contributed by atoms with Crippen molar-refractivity contribution in [1.82, 2.24) is 0 Å². The largest absolute Gasteiger partial charge is 0.434 e. The van der Waals surface area contributed by atoms with Crippen LogP contribution in [0.25, 0.3) is 17.2 Å². The predicted molar refractivity (Wildman–Crippen MR) is 99.7 cm³/mol. The van der Waals surface area contributed by atoms with Gasteiger partial charge in [-0.25, -0.2) is 4.57 Å². The maximum absolute atomic E-state index is 10.1. The molecular weight excluding hydrogens is 319 g/mol. The molecule has 0 spiro atoms. The van der Waals surface area contributed by atoms with Crippen molar-refractivity contribution in [3.8, 4) is 11.1 Å². The molecule has 0 aliphatic heterocycles. The summed E-state index contributed by atoms with van der Waals surface area (Å²) in [7, 11) is -2.84. The van der Waals surface area contributed by atoms with Crippen LogP contribution in [0.3, 0.4) is 0 Å². The molecule has 24 heavy (non-hydrogen) atoms. The van der Waals surface area contributed by atoms with Crippen LogP contribution >= 0.6 is 8.25 Å². The molecule has 1 N–H and O–H groups in total. The molecule has 0 bridgehead atoms. The average Bonchev–Trinajstić information content (AvgIpc) is 2.64. The van der Waals surface area contributed by atoms with Gasteiger partial charge in [0.2, 0.25) is 0 Å². The zero-order valence-corrected chi connectivity index (χ0v) is 14.1. The number of benzene rings is 3. The van der Waals surface area contributed by atoms with Crippen molar-refractivity contribution in [2.75, 3.05) is 0 Å². The van der Waals surface area contributed by atoms with E-state index in [2.05, 4.69) is 53.1 Å². The topological polar surface area (TPSA) is 46.5 Å². The summed E-state index contributed by atoms with van der Waals surface area (Å²) < 4.78 is 14.5. The van der Waals surface area contributed by atoms with E-state index in [-0.39, 0.29) is 0 Å². The standard InChI is InChI=1S/C12H10.C8H9O3P/c1-3-7-11(8-4-1)12-9-5-2-6-10-12;9-12(10)11-7-6-8-4-2-1-3-5-8/h1-10H;1-7,12H,(H,9,10)/b;7-6+. The van der Waals surface area contributed by atoms with E-state index in [9.17, 15) is 4.57 Å². The Morgan fingerprint density at radius 3 is 1.54 bits per heavy atom. The first kappa shape index (κ1) is 17.7. The summed E-state index contributed by atoms with van der Waals surface area (Å²) in [5, 5.41) is 0. The highest BCUT2D eigenvalue weighted by molar-refractivity contribution is 7.32. The van der Waals surface area contributed by atoms with E-state index in [1.54, 1.807) is 6.08 Å². The lowest BCUT2D eigenvalue weighted by Gasteiger charge is -1.98. The molecule has 0 saturated heterocycles. The van der Waals surface area contributed by atoms with Gasteiger partial charge in [-0.3, -0.25) is 0 Å². The van der Waals surface area contributed by atoms with Crippen molar-refractivity contribution in [3.63, 3.8) is 0 Å². The Bertz CT molecular complexity index is 719. The first-order chi connectivity index (χ1) is 11.8. The third-order valence-electron chi connectivity index (χ3n) is 3.11. The van der Waals surface area contributed by atoms with Crippen LogP contribution in [0, 0.1) is 0 Å². The Morgan fingerprint density at radius 1 is 0.708 bits per heavy atom. The van der Waals surface area contributed by atoms with E-state index in [0.29, 0.717) is 0 Å². The van der Waals surface area contributed by atoms with E-state index in [1.165, 1.54) is 17.4 Å². The van der Waals surface area contributed by atoms with E-state index in [0.717, 1.165) is 5.56 Å². The molecule has 0 amide bonds. The van der Waals surface area contributed by atoms with Crippen LogP contribution < -0.4 is 0 Å². The van der Waals surface area contributed by atoms with Gasteiger partial charge in [-0.05, 0) is 22.8 Å². The van der Waals surface area contributed by atoms with Crippen LogP contribution in [0.4, 0.5) is 0 Å². The minimum atomic E-state index is -2.84. The SMILES string of the molecule is O=[PH](O)O/C=C/c1ccccc1.c1ccc(-c2ccccc2)cc1. The highest BCUT2D eigenvalue weighted by Gasteiger charge is 1.91. The first-order valence-corrected chi connectivity index (χ1v) is 8.74. The van der Waals surface area contributed by atoms with Crippen molar-refractivity contribution in [2.24, 2.45) is 0 Å². The van der Waals surface area contributed by atoms with Gasteiger partial charge < -0.3 is 9.42 Å². The average molecular weight is 338 g/mol. The summed E-state index contributed by atoms with van der Waals surface area (Å²) >= 11 is 0. The smallest absolute Gasteiger partial charge is 0.364 e. The van der Waals surface area contributed by atoms with Crippen molar-refractivity contribution in [2.45, 2.75) is 0 Å². The molecule has 3 aromatic rings. The summed E-state index contributed by atoms with van der Waals surface area (Å²) in [6.45, 7) is 0. The molecule has 0 saturated carbocycles. The number of rotatable bonds is 4. The molecular formula is C20H19O3P. The predicted octanol–water partition coefficient (Wildman–Crippen LogP) is 5.41. The van der Waals surface area contributed by atoms with Gasteiger partial charge in [0.25, 0.3) is 0 Å². The van der Waals surface area contributed by atoms with Gasteiger partial charge in [-0.2, -0.15) is 0 Å². The minimum absolute atomic E-state index is 0.931. The molecule has 1 unspecified atom stereocenters. The fourth-order valence-electron chi connectivity index (χ4n) is 2.00. The maximum atomic E-state index is 10.1. The number of hydrogen-bond acceptors (Lipinski definition) is 2. The van der Waals surface area contributed by atoms with Crippen LogP contribution in [0.2, 0.25) is 0 Å². The van der Waals surface area contributed by atoms with Crippen molar-refractivity contribution < 1.29 is 14.0 Å². The van der Waals surface area contributed by atoms with Gasteiger partial charge in [0, 0.05) is 0 Å². The fraction of sp³-hybridized carbons (Fsp3) is 0. The fourth-order valence-corrected chi connectivity index (χ4v) is 2.18. The Balaban J connectivity index is 0.000000174. The summed E-state index contributed by atoms with van der Waals surface area (Å²) in [4.78, 5) is 8.30. The van der Waals surface area contributed by atoms with Gasteiger partial charge >= 0.3 is 8.25 Å². The number of hydrogen-bond donors (Lipinski definition) is 1. The quantitative estimate of drug-likeness (QED) is 0.511. The Morgan fingerprint density at radius 2 is 1.12 bits per heavy atom. The third kappa shape index (κ3) is 6.66. The molecule has 0 heterocycles. The van der Waals surface area contributed by atoms with Crippen molar-refractivity contribution >= 4 is 14.3 Å². The Labute approximate surface area is 142 Å². The summed E-state index contributed by atoms with van der Waals surface area (Å²) in [5.41, 5.74) is 3.48. The van der Waals surface area contributed by atoms with Gasteiger partial charge in [0.15, 0.2) is 0 Å². The normalized spacial score (nSPS) is 11.4. The lowest BCUT2D eigenvalue weighted by molar-refractivity contribution is 0.379. The molecule has 1 atom stereocenters. The van der Waals surface area contributed by atoms with Crippen LogP contribution in [0.5, 0.6) is 0 Å². The van der Waals surface area contributed by atoms with Gasteiger partial charge in [0.05, 0.1) is 6.26 Å². The summed E-state index contributed by atoms with van der Waals surface area (Å²) in [6.07, 6.45) is 2.84. The van der Waals surface area contributed by atoms with Crippen LogP contribution in [0.1, 0.15) is 5.56 Å². The second-order valence-electron chi connectivity index (χ2n) is 4.83. The van der Waals surface area contributed by atoms with E-state index >= 15 is 0 Å². The van der Waals surface area contributed by atoms with E-state index in [1.807, 2.05) is 42.5 Å². The molecule has 0 aliphatic rings. The second kappa shape index (κ2) is 10.2. The molecule has 0 aliphatic carbocycles. The molecule has 3 nitrogen and oxygen atoms in total. The highest BCUT2D eigenvalue weighted by Crippen LogP contribution is 2.17.